The number of hydrogen-bond acceptors (Lipinski definition) is 8. The zero-order valence-corrected chi connectivity index (χ0v) is 17.5. The van der Waals surface area contributed by atoms with Crippen molar-refractivity contribution in [3.63, 3.8) is 0 Å². The predicted molar refractivity (Wildman–Crippen MR) is 113 cm³/mol. The van der Waals surface area contributed by atoms with Gasteiger partial charge in [-0.3, -0.25) is 0 Å². The van der Waals surface area contributed by atoms with Gasteiger partial charge in [-0.05, 0) is 42.0 Å². The Morgan fingerprint density at radius 3 is 2.26 bits per heavy atom. The Hall–Kier alpha value is -4.25. The highest BCUT2D eigenvalue weighted by Gasteiger charge is 2.12. The van der Waals surface area contributed by atoms with Gasteiger partial charge in [0.2, 0.25) is 0 Å². The van der Waals surface area contributed by atoms with Gasteiger partial charge in [0, 0.05) is 17.7 Å². The van der Waals surface area contributed by atoms with Gasteiger partial charge < -0.3 is 23.7 Å². The van der Waals surface area contributed by atoms with Crippen LogP contribution in [0, 0.1) is 11.3 Å². The first-order valence-corrected chi connectivity index (χ1v) is 8.95. The van der Waals surface area contributed by atoms with Gasteiger partial charge in [-0.1, -0.05) is 6.07 Å². The minimum Gasteiger partial charge on any atom is -0.497 e. The minimum absolute atomic E-state index is 0.174. The summed E-state index contributed by atoms with van der Waals surface area (Å²) in [5.41, 5.74) is 0.988. The van der Waals surface area contributed by atoms with Gasteiger partial charge >= 0.3 is 11.9 Å². The third-order valence-electron chi connectivity index (χ3n) is 4.07. The summed E-state index contributed by atoms with van der Waals surface area (Å²) in [7, 11) is 5.66. The normalized spacial score (nSPS) is 10.9. The highest BCUT2D eigenvalue weighted by molar-refractivity contribution is 5.98. The Morgan fingerprint density at radius 1 is 0.903 bits per heavy atom. The molecular weight excluding hydrogens is 402 g/mol. The third kappa shape index (κ3) is 6.11. The number of ether oxygens (including phenoxy) is 5. The first-order valence-electron chi connectivity index (χ1n) is 8.95. The quantitative estimate of drug-likeness (QED) is 0.275. The maximum Gasteiger partial charge on any atom is 0.348 e. The Balaban J connectivity index is 2.20. The molecule has 0 aromatic heterocycles. The minimum atomic E-state index is -0.754. The van der Waals surface area contributed by atoms with Crippen LogP contribution in [0.5, 0.6) is 23.0 Å². The van der Waals surface area contributed by atoms with E-state index in [0.717, 1.165) is 0 Å². The van der Waals surface area contributed by atoms with E-state index in [0.29, 0.717) is 22.6 Å². The number of carbonyl (C=O) groups is 2. The molecule has 0 aliphatic heterocycles. The van der Waals surface area contributed by atoms with Crippen LogP contribution in [0.4, 0.5) is 0 Å². The standard InChI is InChI=1S/C23H21NO7/c1-27-18-8-6-16(20(13-18)28-2)7-10-22(25)31-19-9-5-15(12-21(19)29-3)11-17(14-24)23(26)30-4/h5-13H,1-4H3. The molecule has 0 bridgehead atoms. The first-order chi connectivity index (χ1) is 14.9. The SMILES string of the molecule is COC(=O)C(C#N)=Cc1ccc(OC(=O)C=Cc2ccc(OC)cc2OC)c(OC)c1. The number of methoxy groups -OCH3 is 4. The first kappa shape index (κ1) is 23.0. The second kappa shape index (κ2) is 11.1. The summed E-state index contributed by atoms with van der Waals surface area (Å²) in [5.74, 6) is 0.202. The van der Waals surface area contributed by atoms with E-state index in [2.05, 4.69) is 4.74 Å². The van der Waals surface area contributed by atoms with E-state index in [4.69, 9.17) is 24.2 Å². The predicted octanol–water partition coefficient (Wildman–Crippen LogP) is 3.41. The molecule has 0 aliphatic carbocycles. The molecule has 8 nitrogen and oxygen atoms in total. The number of nitrogens with zero attached hydrogens (tertiary/aromatic N) is 1. The van der Waals surface area contributed by atoms with Crippen LogP contribution < -0.4 is 18.9 Å². The summed E-state index contributed by atoms with van der Waals surface area (Å²) in [4.78, 5) is 23.8. The van der Waals surface area contributed by atoms with Gasteiger partial charge in [-0.15, -0.1) is 0 Å². The van der Waals surface area contributed by atoms with Crippen molar-refractivity contribution in [3.8, 4) is 29.1 Å². The molecule has 0 fully saturated rings. The molecule has 0 amide bonds. The number of esters is 2. The van der Waals surface area contributed by atoms with Crippen LogP contribution in [0.15, 0.2) is 48.0 Å². The Bertz CT molecular complexity index is 1060. The Kier molecular flexibility index (Phi) is 8.22. The molecule has 0 saturated carbocycles. The van der Waals surface area contributed by atoms with Crippen LogP contribution in [0.25, 0.3) is 12.2 Å². The topological polar surface area (TPSA) is 104 Å². The molecule has 8 heteroatoms. The summed E-state index contributed by atoms with van der Waals surface area (Å²) in [6.07, 6.45) is 4.15. The average molecular weight is 423 g/mol. The highest BCUT2D eigenvalue weighted by Crippen LogP contribution is 2.30. The Labute approximate surface area is 179 Å². The van der Waals surface area contributed by atoms with Gasteiger partial charge in [0.05, 0.1) is 28.4 Å². The smallest absolute Gasteiger partial charge is 0.348 e. The van der Waals surface area contributed by atoms with E-state index >= 15 is 0 Å². The van der Waals surface area contributed by atoms with Crippen molar-refractivity contribution in [1.29, 1.82) is 5.26 Å². The van der Waals surface area contributed by atoms with E-state index in [1.54, 1.807) is 43.5 Å². The van der Waals surface area contributed by atoms with Gasteiger partial charge in [0.25, 0.3) is 0 Å². The van der Waals surface area contributed by atoms with E-state index in [1.807, 2.05) is 0 Å². The molecule has 0 spiro atoms. The zero-order valence-electron chi connectivity index (χ0n) is 17.5. The van der Waals surface area contributed by atoms with Crippen molar-refractivity contribution in [2.24, 2.45) is 0 Å². The van der Waals surface area contributed by atoms with Crippen LogP contribution in [-0.4, -0.2) is 40.4 Å². The second-order valence-electron chi connectivity index (χ2n) is 5.93. The van der Waals surface area contributed by atoms with Crippen molar-refractivity contribution in [2.45, 2.75) is 0 Å². The number of rotatable bonds is 8. The lowest BCUT2D eigenvalue weighted by Gasteiger charge is -2.09. The van der Waals surface area contributed by atoms with Crippen LogP contribution in [-0.2, 0) is 14.3 Å². The molecular formula is C23H21NO7. The van der Waals surface area contributed by atoms with Crippen molar-refractivity contribution in [3.05, 3.63) is 59.2 Å². The van der Waals surface area contributed by atoms with Gasteiger partial charge in [0.15, 0.2) is 11.5 Å². The summed E-state index contributed by atoms with van der Waals surface area (Å²) in [5, 5.41) is 9.07. The number of benzene rings is 2. The van der Waals surface area contributed by atoms with E-state index in [1.165, 1.54) is 45.6 Å². The lowest BCUT2D eigenvalue weighted by molar-refractivity contribution is -0.135. The van der Waals surface area contributed by atoms with Crippen LogP contribution >= 0.6 is 0 Å². The van der Waals surface area contributed by atoms with E-state index in [-0.39, 0.29) is 17.1 Å². The molecule has 0 atom stereocenters. The summed E-state index contributed by atoms with van der Waals surface area (Å²) in [6, 6.07) is 11.6. The molecule has 2 aromatic rings. The molecule has 2 aromatic carbocycles. The molecule has 0 unspecified atom stereocenters. The monoisotopic (exact) mass is 423 g/mol. The van der Waals surface area contributed by atoms with Crippen LogP contribution in [0.2, 0.25) is 0 Å². The lowest BCUT2D eigenvalue weighted by atomic mass is 10.1. The fourth-order valence-electron chi connectivity index (χ4n) is 2.53. The average Bonchev–Trinajstić information content (AvgIpc) is 2.81. The molecule has 0 heterocycles. The van der Waals surface area contributed by atoms with Crippen LogP contribution in [0.3, 0.4) is 0 Å². The van der Waals surface area contributed by atoms with Crippen molar-refractivity contribution >= 4 is 24.1 Å². The maximum atomic E-state index is 12.3. The zero-order chi connectivity index (χ0) is 22.8. The summed E-state index contributed by atoms with van der Waals surface area (Å²) in [6.45, 7) is 0. The fourth-order valence-corrected chi connectivity index (χ4v) is 2.53. The van der Waals surface area contributed by atoms with Gasteiger partial charge in [-0.2, -0.15) is 5.26 Å². The molecule has 2 rings (SSSR count). The summed E-state index contributed by atoms with van der Waals surface area (Å²) < 4.78 is 25.6. The molecule has 0 N–H and O–H groups in total. The lowest BCUT2D eigenvalue weighted by Crippen LogP contribution is -2.05. The third-order valence-corrected chi connectivity index (χ3v) is 4.07. The number of nitriles is 1. The van der Waals surface area contributed by atoms with Gasteiger partial charge in [-0.25, -0.2) is 9.59 Å². The van der Waals surface area contributed by atoms with Crippen molar-refractivity contribution in [2.75, 3.05) is 28.4 Å². The molecule has 0 radical (unpaired) electrons. The molecule has 0 aliphatic rings. The van der Waals surface area contributed by atoms with Crippen LogP contribution in [0.1, 0.15) is 11.1 Å². The van der Waals surface area contributed by atoms with Crippen molar-refractivity contribution < 1.29 is 33.3 Å². The maximum absolute atomic E-state index is 12.3. The molecule has 31 heavy (non-hydrogen) atoms. The second-order valence-corrected chi connectivity index (χ2v) is 5.93. The number of carbonyl (C=O) groups excluding carboxylic acids is 2. The van der Waals surface area contributed by atoms with Crippen molar-refractivity contribution in [1.82, 2.24) is 0 Å². The van der Waals surface area contributed by atoms with E-state index < -0.39 is 11.9 Å². The fraction of sp³-hybridized carbons (Fsp3) is 0.174. The Morgan fingerprint density at radius 2 is 1.65 bits per heavy atom. The van der Waals surface area contributed by atoms with E-state index in [9.17, 15) is 9.59 Å². The van der Waals surface area contributed by atoms with Gasteiger partial charge in [0.1, 0.15) is 23.1 Å². The molecule has 160 valence electrons. The number of hydrogen-bond donors (Lipinski definition) is 0. The summed E-state index contributed by atoms with van der Waals surface area (Å²) >= 11 is 0. The highest BCUT2D eigenvalue weighted by atomic mass is 16.6. The largest absolute Gasteiger partial charge is 0.497 e. The molecule has 0 saturated heterocycles.